The number of hydrogen-bond donors (Lipinski definition) is 1. The van der Waals surface area contributed by atoms with Crippen LogP contribution in [0.1, 0.15) is 33.1 Å². The molecule has 1 unspecified atom stereocenters. The molecule has 1 N–H and O–H groups in total. The van der Waals surface area contributed by atoms with E-state index in [1.807, 2.05) is 12.1 Å². The number of aromatic nitrogens is 1. The standard InChI is InChI=1S/C15H25N3O/c1-12(2)16-11-13-7-4-5-10-18(13)14-8-6-9-15(17-14)19-3/h6,8-9,12-13,16H,4-5,7,10-11H2,1-3H3. The lowest BCUT2D eigenvalue weighted by Gasteiger charge is -2.37. The molecule has 0 spiro atoms. The van der Waals surface area contributed by atoms with E-state index in [1.54, 1.807) is 7.11 Å². The van der Waals surface area contributed by atoms with Gasteiger partial charge in [0.05, 0.1) is 7.11 Å². The van der Waals surface area contributed by atoms with Gasteiger partial charge in [-0.3, -0.25) is 0 Å². The van der Waals surface area contributed by atoms with Crippen LogP contribution in [0.25, 0.3) is 0 Å². The van der Waals surface area contributed by atoms with Crippen LogP contribution in [0.3, 0.4) is 0 Å². The van der Waals surface area contributed by atoms with Crippen molar-refractivity contribution in [2.75, 3.05) is 25.1 Å². The van der Waals surface area contributed by atoms with Crippen LogP contribution in [-0.2, 0) is 0 Å². The summed E-state index contributed by atoms with van der Waals surface area (Å²) in [4.78, 5) is 6.99. The number of anilines is 1. The zero-order valence-corrected chi connectivity index (χ0v) is 12.2. The summed E-state index contributed by atoms with van der Waals surface area (Å²) >= 11 is 0. The number of piperidine rings is 1. The number of nitrogens with zero attached hydrogens (tertiary/aromatic N) is 2. The molecule has 106 valence electrons. The SMILES string of the molecule is COc1cccc(N2CCCCC2CNC(C)C)n1. The van der Waals surface area contributed by atoms with Crippen molar-refractivity contribution >= 4 is 5.82 Å². The maximum absolute atomic E-state index is 5.23. The molecule has 0 radical (unpaired) electrons. The van der Waals surface area contributed by atoms with Crippen molar-refractivity contribution in [3.8, 4) is 5.88 Å². The van der Waals surface area contributed by atoms with Crippen LogP contribution >= 0.6 is 0 Å². The Bertz CT molecular complexity index is 395. The highest BCUT2D eigenvalue weighted by atomic mass is 16.5. The third-order valence-corrected chi connectivity index (χ3v) is 3.60. The second-order valence-corrected chi connectivity index (χ2v) is 5.44. The summed E-state index contributed by atoms with van der Waals surface area (Å²) in [6, 6.07) is 7.06. The zero-order valence-electron chi connectivity index (χ0n) is 12.2. The maximum Gasteiger partial charge on any atom is 0.214 e. The topological polar surface area (TPSA) is 37.4 Å². The van der Waals surface area contributed by atoms with Gasteiger partial charge in [-0.25, -0.2) is 0 Å². The Kier molecular flexibility index (Phi) is 5.02. The van der Waals surface area contributed by atoms with Gasteiger partial charge in [-0.1, -0.05) is 19.9 Å². The number of rotatable bonds is 5. The molecule has 4 nitrogen and oxygen atoms in total. The smallest absolute Gasteiger partial charge is 0.214 e. The van der Waals surface area contributed by atoms with Crippen molar-refractivity contribution in [1.82, 2.24) is 10.3 Å². The van der Waals surface area contributed by atoms with E-state index >= 15 is 0 Å². The molecule has 1 aliphatic heterocycles. The lowest BCUT2D eigenvalue weighted by Crippen LogP contribution is -2.47. The van der Waals surface area contributed by atoms with Gasteiger partial charge in [0.1, 0.15) is 5.82 Å². The summed E-state index contributed by atoms with van der Waals surface area (Å²) in [7, 11) is 1.67. The van der Waals surface area contributed by atoms with Crippen molar-refractivity contribution in [2.45, 2.75) is 45.2 Å². The Balaban J connectivity index is 2.09. The number of methoxy groups -OCH3 is 1. The molecule has 0 aromatic carbocycles. The Morgan fingerprint density at radius 3 is 3.00 bits per heavy atom. The van der Waals surface area contributed by atoms with Gasteiger partial charge in [-0.2, -0.15) is 4.98 Å². The average Bonchev–Trinajstić information content (AvgIpc) is 2.45. The van der Waals surface area contributed by atoms with E-state index in [-0.39, 0.29) is 0 Å². The van der Waals surface area contributed by atoms with Gasteiger partial charge >= 0.3 is 0 Å². The normalized spacial score (nSPS) is 19.8. The predicted octanol–water partition coefficient (Wildman–Crippen LogP) is 2.45. The van der Waals surface area contributed by atoms with Crippen molar-refractivity contribution in [1.29, 1.82) is 0 Å². The number of pyridine rings is 1. The molecule has 0 bridgehead atoms. The number of nitrogens with one attached hydrogen (secondary N) is 1. The Hall–Kier alpha value is -1.29. The first-order valence-corrected chi connectivity index (χ1v) is 7.22. The summed E-state index contributed by atoms with van der Waals surface area (Å²) in [5.74, 6) is 1.73. The molecule has 0 saturated carbocycles. The Labute approximate surface area is 116 Å². The van der Waals surface area contributed by atoms with E-state index in [9.17, 15) is 0 Å². The van der Waals surface area contributed by atoms with Crippen molar-refractivity contribution in [3.63, 3.8) is 0 Å². The molecule has 2 heterocycles. The van der Waals surface area contributed by atoms with E-state index in [0.29, 0.717) is 18.0 Å². The van der Waals surface area contributed by atoms with Crippen LogP contribution in [0.2, 0.25) is 0 Å². The molecule has 1 aliphatic rings. The molecule has 0 amide bonds. The van der Waals surface area contributed by atoms with E-state index in [0.717, 1.165) is 18.9 Å². The summed E-state index contributed by atoms with van der Waals surface area (Å²) in [6.45, 7) is 6.50. The second kappa shape index (κ2) is 6.75. The van der Waals surface area contributed by atoms with Crippen molar-refractivity contribution in [2.24, 2.45) is 0 Å². The van der Waals surface area contributed by atoms with Crippen molar-refractivity contribution < 1.29 is 4.74 Å². The third-order valence-electron chi connectivity index (χ3n) is 3.60. The maximum atomic E-state index is 5.23. The Morgan fingerprint density at radius 1 is 1.42 bits per heavy atom. The molecule has 1 fully saturated rings. The molecule has 4 heteroatoms. The molecule has 1 saturated heterocycles. The summed E-state index contributed by atoms with van der Waals surface area (Å²) in [5, 5.41) is 3.54. The number of hydrogen-bond acceptors (Lipinski definition) is 4. The van der Waals surface area contributed by atoms with Gasteiger partial charge in [0, 0.05) is 31.2 Å². The molecule has 1 atom stereocenters. The molecule has 1 aromatic heterocycles. The molecule has 1 aromatic rings. The second-order valence-electron chi connectivity index (χ2n) is 5.44. The lowest BCUT2D eigenvalue weighted by molar-refractivity contribution is 0.392. The Morgan fingerprint density at radius 2 is 2.26 bits per heavy atom. The summed E-state index contributed by atoms with van der Waals surface area (Å²) < 4.78 is 5.23. The van der Waals surface area contributed by atoms with Gasteiger partial charge in [-0.15, -0.1) is 0 Å². The molecular formula is C15H25N3O. The van der Waals surface area contributed by atoms with Gasteiger partial charge in [0.15, 0.2) is 0 Å². The summed E-state index contributed by atoms with van der Waals surface area (Å²) in [5.41, 5.74) is 0. The fourth-order valence-corrected chi connectivity index (χ4v) is 2.56. The first-order valence-electron chi connectivity index (χ1n) is 7.22. The minimum absolute atomic E-state index is 0.530. The van der Waals surface area contributed by atoms with Crippen LogP contribution in [0.4, 0.5) is 5.82 Å². The molecule has 2 rings (SSSR count). The first-order chi connectivity index (χ1) is 9.20. The monoisotopic (exact) mass is 263 g/mol. The lowest BCUT2D eigenvalue weighted by atomic mass is 10.0. The van der Waals surface area contributed by atoms with Crippen LogP contribution < -0.4 is 15.0 Å². The molecular weight excluding hydrogens is 238 g/mol. The van der Waals surface area contributed by atoms with Crippen LogP contribution in [0.15, 0.2) is 18.2 Å². The highest BCUT2D eigenvalue weighted by molar-refractivity contribution is 5.42. The molecule has 19 heavy (non-hydrogen) atoms. The van der Waals surface area contributed by atoms with Crippen LogP contribution in [-0.4, -0.2) is 37.3 Å². The van der Waals surface area contributed by atoms with E-state index in [2.05, 4.69) is 35.1 Å². The summed E-state index contributed by atoms with van der Waals surface area (Å²) in [6.07, 6.45) is 3.79. The van der Waals surface area contributed by atoms with Gasteiger partial charge in [-0.05, 0) is 25.3 Å². The predicted molar refractivity (Wildman–Crippen MR) is 78.9 cm³/mol. The van der Waals surface area contributed by atoms with E-state index < -0.39 is 0 Å². The van der Waals surface area contributed by atoms with E-state index in [1.165, 1.54) is 19.3 Å². The fraction of sp³-hybridized carbons (Fsp3) is 0.667. The minimum Gasteiger partial charge on any atom is -0.481 e. The largest absolute Gasteiger partial charge is 0.481 e. The van der Waals surface area contributed by atoms with Gasteiger partial charge < -0.3 is 15.0 Å². The van der Waals surface area contributed by atoms with Crippen LogP contribution in [0, 0.1) is 0 Å². The van der Waals surface area contributed by atoms with E-state index in [4.69, 9.17) is 4.74 Å². The minimum atomic E-state index is 0.530. The van der Waals surface area contributed by atoms with Crippen LogP contribution in [0.5, 0.6) is 5.88 Å². The van der Waals surface area contributed by atoms with Gasteiger partial charge in [0.25, 0.3) is 0 Å². The highest BCUT2D eigenvalue weighted by Crippen LogP contribution is 2.24. The highest BCUT2D eigenvalue weighted by Gasteiger charge is 2.23. The average molecular weight is 263 g/mol. The number of ether oxygens (including phenoxy) is 1. The quantitative estimate of drug-likeness (QED) is 0.885. The zero-order chi connectivity index (χ0) is 13.7. The fourth-order valence-electron chi connectivity index (χ4n) is 2.56. The molecule has 0 aliphatic carbocycles. The van der Waals surface area contributed by atoms with Crippen molar-refractivity contribution in [3.05, 3.63) is 18.2 Å². The van der Waals surface area contributed by atoms with Gasteiger partial charge in [0.2, 0.25) is 5.88 Å². The first kappa shape index (κ1) is 14.1. The third kappa shape index (κ3) is 3.83.